The van der Waals surface area contributed by atoms with Crippen LogP contribution in [0, 0.1) is 0 Å². The average Bonchev–Trinajstić information content (AvgIpc) is 2.49. The molecule has 1 saturated heterocycles. The van der Waals surface area contributed by atoms with Gasteiger partial charge in [-0.1, -0.05) is 12.7 Å². The fraction of sp³-hybridized carbons (Fsp3) is 0.500. The number of ether oxygens (including phenoxy) is 1. The second-order valence-electron chi connectivity index (χ2n) is 4.57. The Morgan fingerprint density at radius 3 is 2.48 bits per heavy atom. The number of hydrogen-bond acceptors (Lipinski definition) is 5. The van der Waals surface area contributed by atoms with Gasteiger partial charge in [0, 0.05) is 13.1 Å². The SMILES string of the molecule is C=CCOC(=O)CN/C(=C\C(=O)O)C(=O)N1CCCCC1. The number of carbonyl (C=O) groups excluding carboxylic acids is 2. The highest BCUT2D eigenvalue weighted by molar-refractivity contribution is 5.98. The number of carboxylic acid groups (broad SMARTS) is 1. The van der Waals surface area contributed by atoms with Crippen molar-refractivity contribution < 1.29 is 24.2 Å². The number of hydrogen-bond donors (Lipinski definition) is 2. The van der Waals surface area contributed by atoms with Crippen LogP contribution in [0.2, 0.25) is 0 Å². The normalized spacial score (nSPS) is 15.2. The molecule has 2 N–H and O–H groups in total. The largest absolute Gasteiger partial charge is 0.478 e. The molecular weight excluding hydrogens is 276 g/mol. The molecule has 0 aliphatic carbocycles. The number of piperidine rings is 1. The number of likely N-dealkylation sites (tertiary alicyclic amines) is 1. The molecular formula is C14H20N2O5. The molecule has 1 aliphatic heterocycles. The number of esters is 1. The van der Waals surface area contributed by atoms with E-state index in [1.165, 1.54) is 6.08 Å². The summed E-state index contributed by atoms with van der Waals surface area (Å²) >= 11 is 0. The highest BCUT2D eigenvalue weighted by atomic mass is 16.5. The lowest BCUT2D eigenvalue weighted by Crippen LogP contribution is -2.41. The maximum atomic E-state index is 12.2. The lowest BCUT2D eigenvalue weighted by Gasteiger charge is -2.27. The number of carboxylic acids is 1. The van der Waals surface area contributed by atoms with Gasteiger partial charge in [0.05, 0.1) is 6.08 Å². The molecule has 1 rings (SSSR count). The van der Waals surface area contributed by atoms with E-state index in [-0.39, 0.29) is 18.8 Å². The van der Waals surface area contributed by atoms with Gasteiger partial charge in [-0.15, -0.1) is 0 Å². The van der Waals surface area contributed by atoms with Crippen LogP contribution in [0.15, 0.2) is 24.4 Å². The van der Waals surface area contributed by atoms with Crippen molar-refractivity contribution in [2.24, 2.45) is 0 Å². The van der Waals surface area contributed by atoms with Crippen molar-refractivity contribution in [3.05, 3.63) is 24.4 Å². The van der Waals surface area contributed by atoms with Crippen molar-refractivity contribution in [2.75, 3.05) is 26.2 Å². The zero-order valence-electron chi connectivity index (χ0n) is 11.8. The Hall–Kier alpha value is -2.31. The molecule has 0 unspecified atom stereocenters. The van der Waals surface area contributed by atoms with Gasteiger partial charge in [-0.3, -0.25) is 9.59 Å². The third-order valence-electron chi connectivity index (χ3n) is 2.93. The standard InChI is InChI=1S/C14H20N2O5/c1-2-8-21-13(19)10-15-11(9-12(17)18)14(20)16-6-4-3-5-7-16/h2,9,15H,1,3-8,10H2,(H,17,18)/b11-9-. The molecule has 1 fully saturated rings. The zero-order chi connectivity index (χ0) is 15.7. The number of nitrogens with one attached hydrogen (secondary N) is 1. The van der Waals surface area contributed by atoms with E-state index in [4.69, 9.17) is 9.84 Å². The van der Waals surface area contributed by atoms with Gasteiger partial charge in [-0.25, -0.2) is 4.79 Å². The van der Waals surface area contributed by atoms with E-state index in [0.717, 1.165) is 25.3 Å². The third kappa shape index (κ3) is 6.11. The summed E-state index contributed by atoms with van der Waals surface area (Å²) in [5, 5.41) is 11.4. The molecule has 0 spiro atoms. The molecule has 0 atom stereocenters. The van der Waals surface area contributed by atoms with E-state index in [1.54, 1.807) is 4.90 Å². The van der Waals surface area contributed by atoms with Crippen molar-refractivity contribution >= 4 is 17.8 Å². The van der Waals surface area contributed by atoms with Crippen LogP contribution in [0.25, 0.3) is 0 Å². The molecule has 1 heterocycles. The first-order valence-corrected chi connectivity index (χ1v) is 6.79. The number of rotatable bonds is 7. The zero-order valence-corrected chi connectivity index (χ0v) is 11.8. The van der Waals surface area contributed by atoms with Gasteiger partial charge in [0.15, 0.2) is 0 Å². The van der Waals surface area contributed by atoms with Crippen LogP contribution in [0.1, 0.15) is 19.3 Å². The minimum atomic E-state index is -1.25. The molecule has 1 amide bonds. The first-order chi connectivity index (χ1) is 10.0. The van der Waals surface area contributed by atoms with Gasteiger partial charge in [0.1, 0.15) is 18.8 Å². The number of carbonyl (C=O) groups is 3. The lowest BCUT2D eigenvalue weighted by molar-refractivity contribution is -0.141. The number of nitrogens with zero attached hydrogens (tertiary/aromatic N) is 1. The lowest BCUT2D eigenvalue weighted by atomic mass is 10.1. The Morgan fingerprint density at radius 1 is 1.24 bits per heavy atom. The number of aliphatic carboxylic acids is 1. The molecule has 0 aromatic rings. The fourth-order valence-electron chi connectivity index (χ4n) is 1.95. The van der Waals surface area contributed by atoms with Gasteiger partial charge in [-0.05, 0) is 19.3 Å². The summed E-state index contributed by atoms with van der Waals surface area (Å²) in [5.74, 6) is -2.24. The highest BCUT2D eigenvalue weighted by Crippen LogP contribution is 2.11. The Kier molecular flexibility index (Phi) is 7.00. The van der Waals surface area contributed by atoms with Gasteiger partial charge < -0.3 is 20.1 Å². The van der Waals surface area contributed by atoms with Crippen LogP contribution in [0.3, 0.4) is 0 Å². The summed E-state index contributed by atoms with van der Waals surface area (Å²) in [6, 6.07) is 0. The van der Waals surface area contributed by atoms with Crippen molar-refractivity contribution in [1.29, 1.82) is 0 Å². The van der Waals surface area contributed by atoms with Crippen molar-refractivity contribution in [2.45, 2.75) is 19.3 Å². The van der Waals surface area contributed by atoms with Crippen molar-refractivity contribution in [3.63, 3.8) is 0 Å². The molecule has 0 aromatic carbocycles. The fourth-order valence-corrected chi connectivity index (χ4v) is 1.95. The van der Waals surface area contributed by atoms with E-state index in [9.17, 15) is 14.4 Å². The Balaban J connectivity index is 2.63. The monoisotopic (exact) mass is 296 g/mol. The van der Waals surface area contributed by atoms with E-state index >= 15 is 0 Å². The highest BCUT2D eigenvalue weighted by Gasteiger charge is 2.21. The smallest absolute Gasteiger partial charge is 0.330 e. The minimum absolute atomic E-state index is 0.0680. The molecule has 1 aliphatic rings. The second-order valence-corrected chi connectivity index (χ2v) is 4.57. The number of amides is 1. The van der Waals surface area contributed by atoms with Gasteiger partial charge in [0.2, 0.25) is 0 Å². The van der Waals surface area contributed by atoms with Gasteiger partial charge >= 0.3 is 11.9 Å². The third-order valence-corrected chi connectivity index (χ3v) is 2.93. The Labute approximate surface area is 123 Å². The van der Waals surface area contributed by atoms with Crippen molar-refractivity contribution in [3.8, 4) is 0 Å². The van der Waals surface area contributed by atoms with Crippen LogP contribution in [0.5, 0.6) is 0 Å². The predicted molar refractivity (Wildman–Crippen MR) is 75.3 cm³/mol. The first-order valence-electron chi connectivity index (χ1n) is 6.79. The summed E-state index contributed by atoms with van der Waals surface area (Å²) < 4.78 is 4.75. The first kappa shape index (κ1) is 16.7. The average molecular weight is 296 g/mol. The van der Waals surface area contributed by atoms with Gasteiger partial charge in [0.25, 0.3) is 5.91 Å². The Morgan fingerprint density at radius 2 is 1.90 bits per heavy atom. The Bertz CT molecular complexity index is 439. The quantitative estimate of drug-likeness (QED) is 0.398. The molecule has 116 valence electrons. The van der Waals surface area contributed by atoms with E-state index in [0.29, 0.717) is 13.1 Å². The minimum Gasteiger partial charge on any atom is -0.478 e. The predicted octanol–water partition coefficient (Wildman–Crippen LogP) is 0.286. The van der Waals surface area contributed by atoms with Crippen LogP contribution in [-0.4, -0.2) is 54.1 Å². The summed E-state index contributed by atoms with van der Waals surface area (Å²) in [5.41, 5.74) is -0.111. The maximum absolute atomic E-state index is 12.2. The summed E-state index contributed by atoms with van der Waals surface area (Å²) in [4.78, 5) is 36.0. The molecule has 21 heavy (non-hydrogen) atoms. The van der Waals surface area contributed by atoms with Crippen molar-refractivity contribution in [1.82, 2.24) is 10.2 Å². The molecule has 0 aromatic heterocycles. The summed E-state index contributed by atoms with van der Waals surface area (Å²) in [6.07, 6.45) is 5.05. The van der Waals surface area contributed by atoms with E-state index < -0.39 is 17.8 Å². The van der Waals surface area contributed by atoms with E-state index in [1.807, 2.05) is 0 Å². The second kappa shape index (κ2) is 8.78. The summed E-state index contributed by atoms with van der Waals surface area (Å²) in [7, 11) is 0. The molecule has 7 heteroatoms. The van der Waals surface area contributed by atoms with Gasteiger partial charge in [-0.2, -0.15) is 0 Å². The summed E-state index contributed by atoms with van der Waals surface area (Å²) in [6.45, 7) is 4.40. The van der Waals surface area contributed by atoms with Crippen LogP contribution < -0.4 is 5.32 Å². The van der Waals surface area contributed by atoms with E-state index in [2.05, 4.69) is 11.9 Å². The van der Waals surface area contributed by atoms with Crippen LogP contribution >= 0.6 is 0 Å². The van der Waals surface area contributed by atoms with Crippen LogP contribution in [0.4, 0.5) is 0 Å². The van der Waals surface area contributed by atoms with Crippen LogP contribution in [-0.2, 0) is 19.1 Å². The molecule has 0 saturated carbocycles. The molecule has 0 radical (unpaired) electrons. The molecule has 0 bridgehead atoms. The molecule has 7 nitrogen and oxygen atoms in total. The topological polar surface area (TPSA) is 95.9 Å². The maximum Gasteiger partial charge on any atom is 0.330 e.